The lowest BCUT2D eigenvalue weighted by Gasteiger charge is -2.23. The van der Waals surface area contributed by atoms with Crippen LogP contribution in [-0.2, 0) is 16.6 Å². The van der Waals surface area contributed by atoms with Gasteiger partial charge in [-0.15, -0.1) is 0 Å². The topological polar surface area (TPSA) is 66.5 Å². The van der Waals surface area contributed by atoms with E-state index in [1.807, 2.05) is 64.1 Å². The van der Waals surface area contributed by atoms with Crippen LogP contribution in [0.4, 0.5) is 5.69 Å². The van der Waals surface area contributed by atoms with Crippen LogP contribution in [-0.4, -0.2) is 20.6 Å². The lowest BCUT2D eigenvalue weighted by atomic mass is 10.00. The SMILES string of the molecule is Cc1ccc(C(C)NC(=O)c2ccc(N(Cc3ccccc3C)S(C)(=O)=O)cc2)c(C)c1. The van der Waals surface area contributed by atoms with E-state index in [9.17, 15) is 13.2 Å². The van der Waals surface area contributed by atoms with E-state index >= 15 is 0 Å². The number of benzene rings is 3. The van der Waals surface area contributed by atoms with Gasteiger partial charge in [-0.05, 0) is 74.2 Å². The summed E-state index contributed by atoms with van der Waals surface area (Å²) in [5.41, 5.74) is 6.35. The number of hydrogen-bond acceptors (Lipinski definition) is 3. The Labute approximate surface area is 191 Å². The molecule has 168 valence electrons. The van der Waals surface area contributed by atoms with Gasteiger partial charge in [0.25, 0.3) is 5.91 Å². The number of amides is 1. The van der Waals surface area contributed by atoms with Crippen molar-refractivity contribution < 1.29 is 13.2 Å². The van der Waals surface area contributed by atoms with Gasteiger partial charge in [0, 0.05) is 5.56 Å². The maximum Gasteiger partial charge on any atom is 0.251 e. The van der Waals surface area contributed by atoms with Crippen molar-refractivity contribution in [2.75, 3.05) is 10.6 Å². The van der Waals surface area contributed by atoms with Gasteiger partial charge in [0.15, 0.2) is 0 Å². The molecule has 0 spiro atoms. The third-order valence-corrected chi connectivity index (χ3v) is 6.77. The zero-order chi connectivity index (χ0) is 23.5. The van der Waals surface area contributed by atoms with E-state index in [4.69, 9.17) is 0 Å². The summed E-state index contributed by atoms with van der Waals surface area (Å²) in [6.45, 7) is 8.23. The first kappa shape index (κ1) is 23.5. The standard InChI is InChI=1S/C26H30N2O3S/c1-18-10-15-25(20(3)16-18)21(4)27-26(29)22-11-13-24(14-12-22)28(32(5,30)31)17-23-9-7-6-8-19(23)2/h6-16,21H,17H2,1-5H3,(H,27,29). The van der Waals surface area contributed by atoms with E-state index in [0.717, 1.165) is 22.3 Å². The van der Waals surface area contributed by atoms with Crippen LogP contribution >= 0.6 is 0 Å². The highest BCUT2D eigenvalue weighted by atomic mass is 32.2. The molecule has 0 fully saturated rings. The number of rotatable bonds is 7. The minimum Gasteiger partial charge on any atom is -0.346 e. The van der Waals surface area contributed by atoms with Gasteiger partial charge in [-0.2, -0.15) is 0 Å². The summed E-state index contributed by atoms with van der Waals surface area (Å²) in [5, 5.41) is 3.03. The first-order chi connectivity index (χ1) is 15.1. The summed E-state index contributed by atoms with van der Waals surface area (Å²) in [6, 6.07) is 20.4. The molecule has 1 unspecified atom stereocenters. The monoisotopic (exact) mass is 450 g/mol. The Morgan fingerprint density at radius 2 is 1.59 bits per heavy atom. The second kappa shape index (κ2) is 9.57. The van der Waals surface area contributed by atoms with Crippen LogP contribution < -0.4 is 9.62 Å². The van der Waals surface area contributed by atoms with Crippen LogP contribution in [0.3, 0.4) is 0 Å². The summed E-state index contributed by atoms with van der Waals surface area (Å²) in [6.07, 6.45) is 1.19. The molecule has 0 radical (unpaired) electrons. The number of hydrogen-bond donors (Lipinski definition) is 1. The van der Waals surface area contributed by atoms with E-state index in [-0.39, 0.29) is 18.5 Å². The van der Waals surface area contributed by atoms with Crippen LogP contribution in [0.15, 0.2) is 66.7 Å². The van der Waals surface area contributed by atoms with Gasteiger partial charge in [-0.3, -0.25) is 9.10 Å². The molecule has 0 heterocycles. The number of aryl methyl sites for hydroxylation is 3. The molecule has 0 saturated carbocycles. The van der Waals surface area contributed by atoms with E-state index in [1.54, 1.807) is 24.3 Å². The van der Waals surface area contributed by atoms with Gasteiger partial charge in [-0.25, -0.2) is 8.42 Å². The molecule has 0 bridgehead atoms. The summed E-state index contributed by atoms with van der Waals surface area (Å²) < 4.78 is 26.3. The fourth-order valence-corrected chi connectivity index (χ4v) is 4.67. The van der Waals surface area contributed by atoms with Gasteiger partial charge in [0.2, 0.25) is 10.0 Å². The molecular weight excluding hydrogens is 420 g/mol. The quantitative estimate of drug-likeness (QED) is 0.547. The highest BCUT2D eigenvalue weighted by molar-refractivity contribution is 7.92. The van der Waals surface area contributed by atoms with Gasteiger partial charge >= 0.3 is 0 Å². The number of anilines is 1. The second-order valence-electron chi connectivity index (χ2n) is 8.30. The van der Waals surface area contributed by atoms with Crippen LogP contribution in [0.5, 0.6) is 0 Å². The van der Waals surface area contributed by atoms with Crippen LogP contribution in [0.1, 0.15) is 51.1 Å². The zero-order valence-electron chi connectivity index (χ0n) is 19.2. The fraction of sp³-hybridized carbons (Fsp3) is 0.269. The van der Waals surface area contributed by atoms with Crippen molar-refractivity contribution in [3.05, 3.63) is 100 Å². The Bertz CT molecular complexity index is 1220. The molecule has 0 aliphatic heterocycles. The Morgan fingerprint density at radius 1 is 0.938 bits per heavy atom. The maximum absolute atomic E-state index is 12.8. The Balaban J connectivity index is 1.78. The third kappa shape index (κ3) is 5.56. The van der Waals surface area contributed by atoms with Crippen molar-refractivity contribution >= 4 is 21.6 Å². The average Bonchev–Trinajstić information content (AvgIpc) is 2.72. The number of carbonyl (C=O) groups excluding carboxylic acids is 1. The normalized spacial score (nSPS) is 12.3. The maximum atomic E-state index is 12.8. The fourth-order valence-electron chi connectivity index (χ4n) is 3.79. The molecule has 3 aromatic carbocycles. The smallest absolute Gasteiger partial charge is 0.251 e. The van der Waals surface area contributed by atoms with E-state index < -0.39 is 10.0 Å². The molecule has 6 heteroatoms. The summed E-state index contributed by atoms with van der Waals surface area (Å²) in [5.74, 6) is -0.200. The van der Waals surface area contributed by atoms with Crippen molar-refractivity contribution in [3.8, 4) is 0 Å². The van der Waals surface area contributed by atoms with Gasteiger partial charge in [0.05, 0.1) is 24.5 Å². The lowest BCUT2D eigenvalue weighted by molar-refractivity contribution is 0.0940. The van der Waals surface area contributed by atoms with Gasteiger partial charge in [-0.1, -0.05) is 48.0 Å². The zero-order valence-corrected chi connectivity index (χ0v) is 20.0. The van der Waals surface area contributed by atoms with Crippen molar-refractivity contribution in [3.63, 3.8) is 0 Å². The molecule has 0 aromatic heterocycles. The highest BCUT2D eigenvalue weighted by Gasteiger charge is 2.20. The predicted molar refractivity (Wildman–Crippen MR) is 130 cm³/mol. The number of nitrogens with zero attached hydrogens (tertiary/aromatic N) is 1. The van der Waals surface area contributed by atoms with Crippen LogP contribution in [0, 0.1) is 20.8 Å². The lowest BCUT2D eigenvalue weighted by Crippen LogP contribution is -2.30. The number of sulfonamides is 1. The average molecular weight is 451 g/mol. The molecule has 3 rings (SSSR count). The van der Waals surface area contributed by atoms with Crippen LogP contribution in [0.2, 0.25) is 0 Å². The second-order valence-corrected chi connectivity index (χ2v) is 10.2. The van der Waals surface area contributed by atoms with Crippen LogP contribution in [0.25, 0.3) is 0 Å². The Kier molecular flexibility index (Phi) is 7.04. The Hall–Kier alpha value is -3.12. The molecular formula is C26H30N2O3S. The molecule has 0 saturated heterocycles. The molecule has 1 N–H and O–H groups in total. The van der Waals surface area contributed by atoms with Crippen molar-refractivity contribution in [1.82, 2.24) is 5.32 Å². The largest absolute Gasteiger partial charge is 0.346 e. The molecule has 1 amide bonds. The summed E-state index contributed by atoms with van der Waals surface area (Å²) >= 11 is 0. The molecule has 1 atom stereocenters. The minimum atomic E-state index is -3.50. The molecule has 0 aliphatic rings. The summed E-state index contributed by atoms with van der Waals surface area (Å²) in [4.78, 5) is 12.8. The highest BCUT2D eigenvalue weighted by Crippen LogP contribution is 2.23. The predicted octanol–water partition coefficient (Wildman–Crippen LogP) is 5.07. The first-order valence-electron chi connectivity index (χ1n) is 10.6. The van der Waals surface area contributed by atoms with Crippen molar-refractivity contribution in [2.45, 2.75) is 40.3 Å². The summed E-state index contributed by atoms with van der Waals surface area (Å²) in [7, 11) is -3.50. The first-order valence-corrected chi connectivity index (χ1v) is 12.4. The Morgan fingerprint density at radius 3 is 2.19 bits per heavy atom. The van der Waals surface area contributed by atoms with E-state index in [2.05, 4.69) is 11.4 Å². The van der Waals surface area contributed by atoms with E-state index in [0.29, 0.717) is 11.3 Å². The minimum absolute atomic E-state index is 0.142. The van der Waals surface area contributed by atoms with Crippen molar-refractivity contribution in [1.29, 1.82) is 0 Å². The van der Waals surface area contributed by atoms with E-state index in [1.165, 1.54) is 16.1 Å². The number of carbonyl (C=O) groups is 1. The van der Waals surface area contributed by atoms with Gasteiger partial charge in [0.1, 0.15) is 0 Å². The number of nitrogens with one attached hydrogen (secondary N) is 1. The van der Waals surface area contributed by atoms with Crippen molar-refractivity contribution in [2.24, 2.45) is 0 Å². The molecule has 3 aromatic rings. The molecule has 0 aliphatic carbocycles. The molecule has 32 heavy (non-hydrogen) atoms. The third-order valence-electron chi connectivity index (χ3n) is 5.63. The molecule has 5 nitrogen and oxygen atoms in total. The van der Waals surface area contributed by atoms with Gasteiger partial charge < -0.3 is 5.32 Å².